The first-order chi connectivity index (χ1) is 20.3. The molecule has 2 atom stereocenters. The van der Waals surface area contributed by atoms with Crippen molar-refractivity contribution in [2.45, 2.75) is 25.4 Å². The standard InChI is InChI=1S/C38H30N2O/c1-25-30-14-6-5-11-26(30)22-23-31(38-35(25)32-15-7-8-16-33(32)41-38)27-18-20-28(21-19-27)36-37(29-12-3-2-4-13-29)40-24-10-9-17-34(40)39-36/h2-21,23-25,34,39H,22H2,1H3/b31-23-. The van der Waals surface area contributed by atoms with Gasteiger partial charge in [0.15, 0.2) is 0 Å². The molecule has 1 N–H and O–H groups in total. The van der Waals surface area contributed by atoms with Crippen LogP contribution in [0.4, 0.5) is 0 Å². The fourth-order valence-electron chi connectivity index (χ4n) is 6.65. The summed E-state index contributed by atoms with van der Waals surface area (Å²) in [6, 6.07) is 36.9. The molecule has 198 valence electrons. The Labute approximate surface area is 240 Å². The van der Waals surface area contributed by atoms with Crippen molar-refractivity contribution in [1.82, 2.24) is 10.2 Å². The van der Waals surface area contributed by atoms with Crippen LogP contribution in [-0.2, 0) is 6.42 Å². The van der Waals surface area contributed by atoms with Gasteiger partial charge in [0.2, 0.25) is 0 Å². The first-order valence-electron chi connectivity index (χ1n) is 14.4. The normalized spacial score (nSPS) is 20.5. The fraction of sp³-hybridized carbons (Fsp3) is 0.105. The highest BCUT2D eigenvalue weighted by atomic mass is 16.3. The molecule has 3 nitrogen and oxygen atoms in total. The molecule has 2 aliphatic heterocycles. The molecule has 0 spiro atoms. The van der Waals surface area contributed by atoms with Gasteiger partial charge in [-0.15, -0.1) is 0 Å². The first-order valence-corrected chi connectivity index (χ1v) is 14.4. The summed E-state index contributed by atoms with van der Waals surface area (Å²) in [5.41, 5.74) is 12.0. The van der Waals surface area contributed by atoms with Crippen molar-refractivity contribution in [3.05, 3.63) is 173 Å². The van der Waals surface area contributed by atoms with E-state index in [1.807, 2.05) is 0 Å². The Kier molecular flexibility index (Phi) is 5.56. The highest BCUT2D eigenvalue weighted by Gasteiger charge is 2.31. The lowest BCUT2D eigenvalue weighted by molar-refractivity contribution is 0.443. The van der Waals surface area contributed by atoms with Crippen LogP contribution >= 0.6 is 0 Å². The van der Waals surface area contributed by atoms with Crippen molar-refractivity contribution in [2.24, 2.45) is 0 Å². The second kappa shape index (κ2) is 9.57. The van der Waals surface area contributed by atoms with Crippen LogP contribution in [0.5, 0.6) is 0 Å². The maximum Gasteiger partial charge on any atom is 0.139 e. The van der Waals surface area contributed by atoms with Gasteiger partial charge >= 0.3 is 0 Å². The predicted octanol–water partition coefficient (Wildman–Crippen LogP) is 8.71. The number of hydrogen-bond acceptors (Lipinski definition) is 3. The third-order valence-electron chi connectivity index (χ3n) is 8.63. The van der Waals surface area contributed by atoms with E-state index in [1.54, 1.807) is 0 Å². The van der Waals surface area contributed by atoms with Gasteiger partial charge in [0, 0.05) is 34.2 Å². The number of furan rings is 1. The molecule has 0 bridgehead atoms. The number of nitrogens with one attached hydrogen (secondary N) is 1. The largest absolute Gasteiger partial charge is 0.456 e. The molecule has 2 unspecified atom stereocenters. The summed E-state index contributed by atoms with van der Waals surface area (Å²) >= 11 is 0. The number of hydrogen-bond donors (Lipinski definition) is 1. The van der Waals surface area contributed by atoms with Gasteiger partial charge in [-0.05, 0) is 46.9 Å². The molecule has 3 aliphatic rings. The van der Waals surface area contributed by atoms with Crippen molar-refractivity contribution in [3.63, 3.8) is 0 Å². The molecule has 0 radical (unpaired) electrons. The topological polar surface area (TPSA) is 28.4 Å². The molecule has 0 fully saturated rings. The van der Waals surface area contributed by atoms with E-state index in [4.69, 9.17) is 4.42 Å². The molecular formula is C38H30N2O. The minimum absolute atomic E-state index is 0.109. The van der Waals surface area contributed by atoms with E-state index < -0.39 is 0 Å². The smallest absolute Gasteiger partial charge is 0.139 e. The molecule has 0 saturated carbocycles. The van der Waals surface area contributed by atoms with E-state index in [9.17, 15) is 0 Å². The number of benzene rings is 4. The van der Waals surface area contributed by atoms with Gasteiger partial charge in [-0.2, -0.15) is 0 Å². The quantitative estimate of drug-likeness (QED) is 0.253. The summed E-state index contributed by atoms with van der Waals surface area (Å²) in [6.07, 6.45) is 11.9. The van der Waals surface area contributed by atoms with Crippen molar-refractivity contribution < 1.29 is 4.42 Å². The van der Waals surface area contributed by atoms with Crippen molar-refractivity contribution in [3.8, 4) is 0 Å². The zero-order valence-corrected chi connectivity index (χ0v) is 22.9. The Morgan fingerprint density at radius 3 is 2.39 bits per heavy atom. The average Bonchev–Trinajstić information content (AvgIpc) is 3.60. The molecule has 4 aromatic carbocycles. The molecule has 0 saturated heterocycles. The van der Waals surface area contributed by atoms with Crippen molar-refractivity contribution >= 4 is 27.9 Å². The summed E-state index contributed by atoms with van der Waals surface area (Å²) in [7, 11) is 0. The predicted molar refractivity (Wildman–Crippen MR) is 168 cm³/mol. The molecule has 8 rings (SSSR count). The molecule has 3 heterocycles. The van der Waals surface area contributed by atoms with Crippen molar-refractivity contribution in [1.29, 1.82) is 0 Å². The summed E-state index contributed by atoms with van der Waals surface area (Å²) in [5.74, 6) is 1.21. The zero-order valence-electron chi connectivity index (χ0n) is 22.9. The Balaban J connectivity index is 1.26. The lowest BCUT2D eigenvalue weighted by atomic mass is 9.82. The van der Waals surface area contributed by atoms with Crippen LogP contribution in [0.3, 0.4) is 0 Å². The van der Waals surface area contributed by atoms with Gasteiger partial charge in [-0.3, -0.25) is 0 Å². The van der Waals surface area contributed by atoms with Gasteiger partial charge in [0.1, 0.15) is 17.5 Å². The molecule has 0 amide bonds. The van der Waals surface area contributed by atoms with E-state index in [0.29, 0.717) is 0 Å². The van der Waals surface area contributed by atoms with Crippen LogP contribution in [0.2, 0.25) is 0 Å². The summed E-state index contributed by atoms with van der Waals surface area (Å²) in [4.78, 5) is 2.31. The number of rotatable bonds is 3. The Morgan fingerprint density at radius 1 is 0.756 bits per heavy atom. The van der Waals surface area contributed by atoms with Gasteiger partial charge in [0.25, 0.3) is 0 Å². The van der Waals surface area contributed by atoms with Gasteiger partial charge in [0.05, 0.1) is 11.4 Å². The lowest BCUT2D eigenvalue weighted by Crippen LogP contribution is -2.32. The van der Waals surface area contributed by atoms with E-state index in [2.05, 4.69) is 151 Å². The minimum Gasteiger partial charge on any atom is -0.456 e. The van der Waals surface area contributed by atoms with E-state index >= 15 is 0 Å². The highest BCUT2D eigenvalue weighted by molar-refractivity contribution is 5.94. The van der Waals surface area contributed by atoms with E-state index in [-0.39, 0.29) is 12.1 Å². The third kappa shape index (κ3) is 3.88. The second-order valence-electron chi connectivity index (χ2n) is 11.0. The summed E-state index contributed by atoms with van der Waals surface area (Å²) in [6.45, 7) is 2.31. The van der Waals surface area contributed by atoms with Crippen LogP contribution < -0.4 is 5.32 Å². The Morgan fingerprint density at radius 2 is 1.51 bits per heavy atom. The van der Waals surface area contributed by atoms with Crippen LogP contribution in [-0.4, -0.2) is 11.1 Å². The minimum atomic E-state index is 0.109. The van der Waals surface area contributed by atoms with Crippen LogP contribution in [0.1, 0.15) is 52.0 Å². The molecule has 3 heteroatoms. The van der Waals surface area contributed by atoms with Crippen LogP contribution in [0.15, 0.2) is 138 Å². The number of nitrogens with zero attached hydrogens (tertiary/aromatic N) is 1. The van der Waals surface area contributed by atoms with Crippen molar-refractivity contribution in [2.75, 3.05) is 0 Å². The molecule has 5 aromatic rings. The first kappa shape index (κ1) is 23.8. The third-order valence-corrected chi connectivity index (χ3v) is 8.63. The van der Waals surface area contributed by atoms with Crippen LogP contribution in [0.25, 0.3) is 27.9 Å². The maximum absolute atomic E-state index is 6.64. The monoisotopic (exact) mass is 530 g/mol. The molecule has 1 aromatic heterocycles. The van der Waals surface area contributed by atoms with Crippen LogP contribution in [0, 0.1) is 0 Å². The zero-order chi connectivity index (χ0) is 27.3. The Hall–Kier alpha value is -5.02. The lowest BCUT2D eigenvalue weighted by Gasteiger charge is -2.25. The average molecular weight is 531 g/mol. The maximum atomic E-state index is 6.64. The molecule has 1 aliphatic carbocycles. The van der Waals surface area contributed by atoms with E-state index in [0.717, 1.165) is 34.6 Å². The number of para-hydroxylation sites is 1. The van der Waals surface area contributed by atoms with Gasteiger partial charge in [-0.25, -0.2) is 0 Å². The van der Waals surface area contributed by atoms with Gasteiger partial charge in [-0.1, -0.05) is 116 Å². The summed E-state index contributed by atoms with van der Waals surface area (Å²) in [5, 5.41) is 4.95. The summed E-state index contributed by atoms with van der Waals surface area (Å²) < 4.78 is 6.64. The number of allylic oxidation sites excluding steroid dienone is 3. The number of fused-ring (bicyclic) bond motifs is 5. The molecule has 41 heavy (non-hydrogen) atoms. The van der Waals surface area contributed by atoms with Gasteiger partial charge < -0.3 is 14.6 Å². The molecular weight excluding hydrogens is 500 g/mol. The van der Waals surface area contributed by atoms with E-state index in [1.165, 1.54) is 38.9 Å². The fourth-order valence-corrected chi connectivity index (χ4v) is 6.65. The SMILES string of the molecule is CC1c2ccccc2C/C=C(/c2ccc(C3=C(c4ccccc4)N4C=CC=CC4N3)cc2)c2oc3ccccc3c21. The highest BCUT2D eigenvalue weighted by Crippen LogP contribution is 2.43. The second-order valence-corrected chi connectivity index (χ2v) is 11.0. The Bertz CT molecular complexity index is 1900.